The SMILES string of the molecule is CC(C)CC(NC(=O)C(N)CC(=O)O)C(=O)NC(Cc1ccccc1)C(=O)NC(CCCCN)C(=O)O. The highest BCUT2D eigenvalue weighted by Crippen LogP contribution is 2.10. The standard InChI is InChI=1S/C25H39N5O7/c1-15(2)12-19(29-22(33)17(27)14-21(31)32)23(34)30-20(13-16-8-4-3-5-9-16)24(35)28-18(25(36)37)10-6-7-11-26/h3-5,8-9,15,17-20H,6-7,10-14,26-27H2,1-2H3,(H,28,35)(H,29,33)(H,30,34)(H,31,32)(H,36,37). The van der Waals surface area contributed by atoms with Crippen molar-refractivity contribution in [2.45, 2.75) is 76.5 Å². The molecule has 0 heterocycles. The summed E-state index contributed by atoms with van der Waals surface area (Å²) in [6.07, 6.45) is 0.953. The van der Waals surface area contributed by atoms with Gasteiger partial charge >= 0.3 is 11.9 Å². The number of benzene rings is 1. The zero-order valence-corrected chi connectivity index (χ0v) is 21.3. The maximum Gasteiger partial charge on any atom is 0.326 e. The van der Waals surface area contributed by atoms with Crippen molar-refractivity contribution in [3.05, 3.63) is 35.9 Å². The minimum atomic E-state index is -1.35. The van der Waals surface area contributed by atoms with Crippen molar-refractivity contribution in [2.75, 3.05) is 6.54 Å². The van der Waals surface area contributed by atoms with Gasteiger partial charge in [-0.25, -0.2) is 4.79 Å². The number of hydrogen-bond acceptors (Lipinski definition) is 7. The number of rotatable bonds is 17. The van der Waals surface area contributed by atoms with E-state index in [2.05, 4.69) is 16.0 Å². The Morgan fingerprint density at radius 2 is 1.41 bits per heavy atom. The molecule has 1 rings (SSSR count). The van der Waals surface area contributed by atoms with Gasteiger partial charge in [0.2, 0.25) is 17.7 Å². The van der Waals surface area contributed by atoms with Crippen molar-refractivity contribution in [3.63, 3.8) is 0 Å². The molecule has 206 valence electrons. The molecule has 0 bridgehead atoms. The molecule has 0 saturated carbocycles. The summed E-state index contributed by atoms with van der Waals surface area (Å²) in [4.78, 5) is 61.3. The molecule has 0 aromatic heterocycles. The van der Waals surface area contributed by atoms with Gasteiger partial charge in [0, 0.05) is 6.42 Å². The summed E-state index contributed by atoms with van der Waals surface area (Å²) in [7, 11) is 0. The van der Waals surface area contributed by atoms with E-state index in [9.17, 15) is 29.1 Å². The third kappa shape index (κ3) is 12.3. The molecule has 0 spiro atoms. The van der Waals surface area contributed by atoms with Gasteiger partial charge in [0.15, 0.2) is 0 Å². The van der Waals surface area contributed by atoms with Crippen molar-refractivity contribution in [2.24, 2.45) is 17.4 Å². The molecule has 9 N–H and O–H groups in total. The number of nitrogens with one attached hydrogen (secondary N) is 3. The van der Waals surface area contributed by atoms with Crippen molar-refractivity contribution in [1.29, 1.82) is 0 Å². The lowest BCUT2D eigenvalue weighted by Crippen LogP contribution is -2.58. The molecule has 1 aromatic carbocycles. The van der Waals surface area contributed by atoms with Crippen LogP contribution in [0.15, 0.2) is 30.3 Å². The Morgan fingerprint density at radius 3 is 1.95 bits per heavy atom. The number of amides is 3. The molecule has 0 radical (unpaired) electrons. The molecule has 0 fully saturated rings. The fourth-order valence-corrected chi connectivity index (χ4v) is 3.62. The van der Waals surface area contributed by atoms with Crippen LogP contribution in [0, 0.1) is 5.92 Å². The number of unbranched alkanes of at least 4 members (excludes halogenated alkanes) is 1. The van der Waals surface area contributed by atoms with Crippen molar-refractivity contribution in [3.8, 4) is 0 Å². The first-order chi connectivity index (χ1) is 17.4. The van der Waals surface area contributed by atoms with Gasteiger partial charge < -0.3 is 37.6 Å². The van der Waals surface area contributed by atoms with Crippen LogP contribution in [0.5, 0.6) is 0 Å². The van der Waals surface area contributed by atoms with E-state index in [-0.39, 0.29) is 25.2 Å². The second kappa shape index (κ2) is 16.3. The molecule has 37 heavy (non-hydrogen) atoms. The van der Waals surface area contributed by atoms with E-state index in [4.69, 9.17) is 16.6 Å². The Balaban J connectivity index is 3.09. The highest BCUT2D eigenvalue weighted by Gasteiger charge is 2.31. The summed E-state index contributed by atoms with van der Waals surface area (Å²) in [6.45, 7) is 4.05. The zero-order valence-electron chi connectivity index (χ0n) is 21.3. The normalized spacial score (nSPS) is 14.2. The Hall–Kier alpha value is -3.51. The molecule has 4 atom stereocenters. The van der Waals surface area contributed by atoms with Gasteiger partial charge in [-0.3, -0.25) is 19.2 Å². The number of carbonyl (C=O) groups is 5. The molecule has 4 unspecified atom stereocenters. The highest BCUT2D eigenvalue weighted by molar-refractivity contribution is 5.94. The monoisotopic (exact) mass is 521 g/mol. The zero-order chi connectivity index (χ0) is 28.0. The van der Waals surface area contributed by atoms with Gasteiger partial charge in [-0.15, -0.1) is 0 Å². The second-order valence-electron chi connectivity index (χ2n) is 9.33. The largest absolute Gasteiger partial charge is 0.481 e. The van der Waals surface area contributed by atoms with Crippen LogP contribution in [0.3, 0.4) is 0 Å². The number of aliphatic carboxylic acids is 2. The van der Waals surface area contributed by atoms with E-state index in [0.717, 1.165) is 5.56 Å². The summed E-state index contributed by atoms with van der Waals surface area (Å²) in [5.74, 6) is -4.66. The van der Waals surface area contributed by atoms with Crippen LogP contribution in [0.4, 0.5) is 0 Å². The Morgan fingerprint density at radius 1 is 0.838 bits per heavy atom. The van der Waals surface area contributed by atoms with E-state index in [1.807, 2.05) is 13.8 Å². The molecule has 0 aliphatic heterocycles. The van der Waals surface area contributed by atoms with Crippen molar-refractivity contribution < 1.29 is 34.2 Å². The fraction of sp³-hybridized carbons (Fsp3) is 0.560. The molecular formula is C25H39N5O7. The lowest BCUT2D eigenvalue weighted by molar-refractivity contribution is -0.142. The predicted molar refractivity (Wildman–Crippen MR) is 136 cm³/mol. The van der Waals surface area contributed by atoms with E-state index in [1.165, 1.54) is 0 Å². The van der Waals surface area contributed by atoms with E-state index in [0.29, 0.717) is 19.4 Å². The minimum Gasteiger partial charge on any atom is -0.481 e. The lowest BCUT2D eigenvalue weighted by Gasteiger charge is -2.26. The summed E-state index contributed by atoms with van der Waals surface area (Å²) >= 11 is 0. The average Bonchev–Trinajstić information content (AvgIpc) is 2.82. The van der Waals surface area contributed by atoms with E-state index >= 15 is 0 Å². The fourth-order valence-electron chi connectivity index (χ4n) is 3.62. The lowest BCUT2D eigenvalue weighted by atomic mass is 10.00. The summed E-state index contributed by atoms with van der Waals surface area (Å²) in [6, 6.07) is 4.13. The molecule has 0 aliphatic carbocycles. The minimum absolute atomic E-state index is 0.0351. The van der Waals surface area contributed by atoms with Gasteiger partial charge in [-0.2, -0.15) is 0 Å². The van der Waals surface area contributed by atoms with Gasteiger partial charge in [0.05, 0.1) is 12.5 Å². The number of carboxylic acid groups (broad SMARTS) is 2. The Kier molecular flexibility index (Phi) is 13.9. The molecule has 0 aliphatic rings. The van der Waals surface area contributed by atoms with Crippen LogP contribution in [-0.2, 0) is 30.4 Å². The molecular weight excluding hydrogens is 482 g/mol. The Bertz CT molecular complexity index is 910. The maximum atomic E-state index is 13.2. The van der Waals surface area contributed by atoms with Gasteiger partial charge in [0.1, 0.15) is 18.1 Å². The molecule has 1 aromatic rings. The van der Waals surface area contributed by atoms with Crippen LogP contribution in [-0.4, -0.2) is 70.6 Å². The molecule has 0 saturated heterocycles. The molecule has 3 amide bonds. The first-order valence-electron chi connectivity index (χ1n) is 12.3. The summed E-state index contributed by atoms with van der Waals surface area (Å²) in [5, 5.41) is 26.0. The van der Waals surface area contributed by atoms with Crippen LogP contribution in [0.25, 0.3) is 0 Å². The topological polar surface area (TPSA) is 214 Å². The quantitative estimate of drug-likeness (QED) is 0.134. The van der Waals surface area contributed by atoms with Crippen LogP contribution >= 0.6 is 0 Å². The number of nitrogens with two attached hydrogens (primary N) is 2. The molecule has 12 nitrogen and oxygen atoms in total. The average molecular weight is 522 g/mol. The van der Waals surface area contributed by atoms with Gasteiger partial charge in [-0.1, -0.05) is 44.2 Å². The first kappa shape index (κ1) is 31.5. The Labute approximate surface area is 216 Å². The molecule has 12 heteroatoms. The third-order valence-corrected chi connectivity index (χ3v) is 5.55. The van der Waals surface area contributed by atoms with Crippen molar-refractivity contribution >= 4 is 29.7 Å². The van der Waals surface area contributed by atoms with Crippen LogP contribution in [0.2, 0.25) is 0 Å². The van der Waals surface area contributed by atoms with Gasteiger partial charge in [0.25, 0.3) is 0 Å². The maximum absolute atomic E-state index is 13.2. The van der Waals surface area contributed by atoms with E-state index < -0.39 is 60.2 Å². The number of carboxylic acids is 2. The smallest absolute Gasteiger partial charge is 0.326 e. The highest BCUT2D eigenvalue weighted by atomic mass is 16.4. The third-order valence-electron chi connectivity index (χ3n) is 5.55. The predicted octanol–water partition coefficient (Wildman–Crippen LogP) is -0.255. The number of carbonyl (C=O) groups excluding carboxylic acids is 3. The first-order valence-corrected chi connectivity index (χ1v) is 12.3. The summed E-state index contributed by atoms with van der Waals surface area (Å²) in [5.41, 5.74) is 11.8. The summed E-state index contributed by atoms with van der Waals surface area (Å²) < 4.78 is 0. The van der Waals surface area contributed by atoms with Crippen LogP contribution < -0.4 is 27.4 Å². The van der Waals surface area contributed by atoms with Crippen LogP contribution in [0.1, 0.15) is 51.5 Å². The van der Waals surface area contributed by atoms with E-state index in [1.54, 1.807) is 30.3 Å². The number of hydrogen-bond donors (Lipinski definition) is 7. The van der Waals surface area contributed by atoms with Gasteiger partial charge in [-0.05, 0) is 43.7 Å². The second-order valence-corrected chi connectivity index (χ2v) is 9.33. The van der Waals surface area contributed by atoms with Crippen molar-refractivity contribution in [1.82, 2.24) is 16.0 Å².